The number of carboxylic acid groups (broad SMARTS) is 1. The molecular formula is C18H23NO5. The Morgan fingerprint density at radius 1 is 1.25 bits per heavy atom. The van der Waals surface area contributed by atoms with E-state index in [-0.39, 0.29) is 18.9 Å². The van der Waals surface area contributed by atoms with E-state index in [0.717, 1.165) is 5.56 Å². The molecule has 0 saturated carbocycles. The average Bonchev–Trinajstić information content (AvgIpc) is 2.93. The number of para-hydroxylation sites is 1. The number of esters is 1. The minimum atomic E-state index is -0.932. The first-order chi connectivity index (χ1) is 11.4. The van der Waals surface area contributed by atoms with Crippen LogP contribution in [-0.2, 0) is 25.5 Å². The second kappa shape index (κ2) is 7.47. The number of rotatable bonds is 6. The van der Waals surface area contributed by atoms with Gasteiger partial charge in [-0.05, 0) is 25.0 Å². The van der Waals surface area contributed by atoms with E-state index in [0.29, 0.717) is 12.1 Å². The maximum atomic E-state index is 12.9. The molecule has 1 amide bonds. The van der Waals surface area contributed by atoms with Crippen LogP contribution in [-0.4, -0.2) is 35.6 Å². The van der Waals surface area contributed by atoms with Gasteiger partial charge in [0.25, 0.3) is 0 Å². The summed E-state index contributed by atoms with van der Waals surface area (Å²) < 4.78 is 5.11. The summed E-state index contributed by atoms with van der Waals surface area (Å²) in [5.74, 6) is -2.73. The predicted octanol–water partition coefficient (Wildman–Crippen LogP) is 2.25. The monoisotopic (exact) mass is 333 g/mol. The molecule has 2 rings (SSSR count). The number of nitrogens with zero attached hydrogens (tertiary/aromatic N) is 1. The Kier molecular flexibility index (Phi) is 5.59. The molecule has 3 atom stereocenters. The highest BCUT2D eigenvalue weighted by Crippen LogP contribution is 2.34. The van der Waals surface area contributed by atoms with Crippen molar-refractivity contribution in [2.24, 2.45) is 11.8 Å². The van der Waals surface area contributed by atoms with E-state index >= 15 is 0 Å². The number of benzene rings is 1. The number of carbonyl (C=O) groups is 3. The van der Waals surface area contributed by atoms with Crippen molar-refractivity contribution in [1.29, 1.82) is 0 Å². The maximum absolute atomic E-state index is 12.9. The van der Waals surface area contributed by atoms with E-state index < -0.39 is 29.8 Å². The summed E-state index contributed by atoms with van der Waals surface area (Å²) in [6.45, 7) is 5.25. The van der Waals surface area contributed by atoms with Crippen LogP contribution >= 0.6 is 0 Å². The molecule has 0 radical (unpaired) electrons. The third-order valence-electron chi connectivity index (χ3n) is 4.32. The summed E-state index contributed by atoms with van der Waals surface area (Å²) >= 11 is 0. The van der Waals surface area contributed by atoms with Gasteiger partial charge in [-0.2, -0.15) is 0 Å². The van der Waals surface area contributed by atoms with Crippen LogP contribution < -0.4 is 4.90 Å². The molecule has 24 heavy (non-hydrogen) atoms. The molecule has 0 bridgehead atoms. The van der Waals surface area contributed by atoms with Crippen LogP contribution in [0.5, 0.6) is 0 Å². The standard InChI is InChI=1S/C18H23NO5/c1-4-24-18(23)15-10-13-7-5-6-8-14(13)19(15)16(20)11(2)9-12(3)17(21)22/h5-8,11-12,15H,4,9-10H2,1-3H3,(H,21,22)/t11-,12-,15+/m1/s1. The molecule has 0 fully saturated rings. The Hall–Kier alpha value is -2.37. The third-order valence-corrected chi connectivity index (χ3v) is 4.32. The quantitative estimate of drug-likeness (QED) is 0.807. The summed E-state index contributed by atoms with van der Waals surface area (Å²) in [5.41, 5.74) is 1.62. The van der Waals surface area contributed by atoms with Crippen LogP contribution in [0.2, 0.25) is 0 Å². The molecule has 1 aliphatic rings. The van der Waals surface area contributed by atoms with Crippen molar-refractivity contribution < 1.29 is 24.2 Å². The molecule has 0 spiro atoms. The summed E-state index contributed by atoms with van der Waals surface area (Å²) in [7, 11) is 0. The number of amides is 1. The molecule has 0 saturated heterocycles. The van der Waals surface area contributed by atoms with E-state index in [1.165, 1.54) is 4.90 Å². The van der Waals surface area contributed by atoms with E-state index in [1.54, 1.807) is 26.8 Å². The van der Waals surface area contributed by atoms with Gasteiger partial charge < -0.3 is 9.84 Å². The summed E-state index contributed by atoms with van der Waals surface area (Å²) in [6.07, 6.45) is 0.643. The zero-order valence-electron chi connectivity index (χ0n) is 14.2. The SMILES string of the molecule is CCOC(=O)[C@@H]1Cc2ccccc2N1C(=O)[C@H](C)C[C@@H](C)C(=O)O. The highest BCUT2D eigenvalue weighted by Gasteiger charge is 2.40. The van der Waals surface area contributed by atoms with Crippen LogP contribution in [0.15, 0.2) is 24.3 Å². The number of ether oxygens (including phenoxy) is 1. The molecular weight excluding hydrogens is 310 g/mol. The first-order valence-corrected chi connectivity index (χ1v) is 8.17. The van der Waals surface area contributed by atoms with Gasteiger partial charge >= 0.3 is 11.9 Å². The second-order valence-corrected chi connectivity index (χ2v) is 6.18. The van der Waals surface area contributed by atoms with Gasteiger partial charge in [-0.25, -0.2) is 4.79 Å². The van der Waals surface area contributed by atoms with Crippen molar-refractivity contribution in [2.45, 2.75) is 39.7 Å². The van der Waals surface area contributed by atoms with E-state index in [4.69, 9.17) is 9.84 Å². The number of anilines is 1. The lowest BCUT2D eigenvalue weighted by molar-refractivity contribution is -0.146. The Labute approximate surface area is 141 Å². The third kappa shape index (κ3) is 3.58. The lowest BCUT2D eigenvalue weighted by Gasteiger charge is -2.27. The number of aliphatic carboxylic acids is 1. The van der Waals surface area contributed by atoms with E-state index in [2.05, 4.69) is 0 Å². The zero-order chi connectivity index (χ0) is 17.9. The number of hydrogen-bond donors (Lipinski definition) is 1. The maximum Gasteiger partial charge on any atom is 0.329 e. The number of carbonyl (C=O) groups excluding carboxylic acids is 2. The van der Waals surface area contributed by atoms with Crippen molar-refractivity contribution in [3.63, 3.8) is 0 Å². The summed E-state index contributed by atoms with van der Waals surface area (Å²) in [5, 5.41) is 9.05. The Balaban J connectivity index is 2.26. The molecule has 130 valence electrons. The minimum Gasteiger partial charge on any atom is -0.481 e. The molecule has 0 aliphatic carbocycles. The molecule has 6 heteroatoms. The van der Waals surface area contributed by atoms with Gasteiger partial charge in [0.05, 0.1) is 12.5 Å². The molecule has 6 nitrogen and oxygen atoms in total. The van der Waals surface area contributed by atoms with Crippen molar-refractivity contribution in [3.8, 4) is 0 Å². The Bertz CT molecular complexity index is 642. The lowest BCUT2D eigenvalue weighted by Crippen LogP contribution is -2.46. The van der Waals surface area contributed by atoms with Gasteiger partial charge in [-0.3, -0.25) is 14.5 Å². The molecule has 1 aromatic rings. The van der Waals surface area contributed by atoms with Gasteiger partial charge in [0.2, 0.25) is 5.91 Å². The highest BCUT2D eigenvalue weighted by molar-refractivity contribution is 6.03. The number of hydrogen-bond acceptors (Lipinski definition) is 4. The first-order valence-electron chi connectivity index (χ1n) is 8.17. The summed E-state index contributed by atoms with van der Waals surface area (Å²) in [6, 6.07) is 6.69. The Morgan fingerprint density at radius 3 is 2.54 bits per heavy atom. The molecule has 0 aromatic heterocycles. The minimum absolute atomic E-state index is 0.225. The van der Waals surface area contributed by atoms with Crippen LogP contribution in [0, 0.1) is 11.8 Å². The predicted molar refractivity (Wildman–Crippen MR) is 88.6 cm³/mol. The van der Waals surface area contributed by atoms with Crippen LogP contribution in [0.25, 0.3) is 0 Å². The normalized spacial score (nSPS) is 18.6. The van der Waals surface area contributed by atoms with Gasteiger partial charge in [-0.15, -0.1) is 0 Å². The van der Waals surface area contributed by atoms with Crippen molar-refractivity contribution >= 4 is 23.5 Å². The zero-order valence-corrected chi connectivity index (χ0v) is 14.2. The van der Waals surface area contributed by atoms with Crippen LogP contribution in [0.1, 0.15) is 32.8 Å². The van der Waals surface area contributed by atoms with Gasteiger partial charge in [-0.1, -0.05) is 32.0 Å². The number of carboxylic acids is 1. The fourth-order valence-electron chi connectivity index (χ4n) is 3.05. The first kappa shape index (κ1) is 18.0. The van der Waals surface area contributed by atoms with Gasteiger partial charge in [0, 0.05) is 18.0 Å². The highest BCUT2D eigenvalue weighted by atomic mass is 16.5. The van der Waals surface area contributed by atoms with Gasteiger partial charge in [0.1, 0.15) is 6.04 Å². The summed E-state index contributed by atoms with van der Waals surface area (Å²) in [4.78, 5) is 37.7. The van der Waals surface area contributed by atoms with E-state index in [9.17, 15) is 14.4 Å². The van der Waals surface area contributed by atoms with E-state index in [1.807, 2.05) is 18.2 Å². The van der Waals surface area contributed by atoms with Gasteiger partial charge in [0.15, 0.2) is 0 Å². The topological polar surface area (TPSA) is 83.9 Å². The van der Waals surface area contributed by atoms with Crippen molar-refractivity contribution in [2.75, 3.05) is 11.5 Å². The second-order valence-electron chi connectivity index (χ2n) is 6.18. The smallest absolute Gasteiger partial charge is 0.329 e. The molecule has 1 aromatic carbocycles. The fourth-order valence-corrected chi connectivity index (χ4v) is 3.05. The van der Waals surface area contributed by atoms with Crippen LogP contribution in [0.4, 0.5) is 5.69 Å². The Morgan fingerprint density at radius 2 is 1.92 bits per heavy atom. The molecule has 1 aliphatic heterocycles. The van der Waals surface area contributed by atoms with Crippen molar-refractivity contribution in [1.82, 2.24) is 0 Å². The fraction of sp³-hybridized carbons (Fsp3) is 0.500. The molecule has 1 N–H and O–H groups in total. The largest absolute Gasteiger partial charge is 0.481 e. The van der Waals surface area contributed by atoms with Crippen molar-refractivity contribution in [3.05, 3.63) is 29.8 Å². The van der Waals surface area contributed by atoms with Crippen LogP contribution in [0.3, 0.4) is 0 Å². The average molecular weight is 333 g/mol. The number of fused-ring (bicyclic) bond motifs is 1. The lowest BCUT2D eigenvalue weighted by atomic mass is 9.96. The molecule has 1 heterocycles. The molecule has 0 unspecified atom stereocenters.